The minimum atomic E-state index is -1.61. The van der Waals surface area contributed by atoms with E-state index in [1.54, 1.807) is 0 Å². The molecule has 4 saturated carbocycles. The highest BCUT2D eigenvalue weighted by Gasteiger charge is 2.72. The standard InChI is InChI=1S/C39H65NO12/c1-17-8-13-39(40-15-17)18(2)25-33(52-39)29(44)26-22-7-6-20-14-21(9-11-37(20,4)23(22)10-12-38(25,26)5)49-36-34(31(46)28(43)24(16-41)50-36)51-35-32(47)30(45)27(42)19(3)48-35/h17-36,40-47H,6-16H2,1-5H3/t17-,18-,19+,20+,21+,22+,23-,24+,25-,26+,27+,28+,29-,30-,31+,32+,33+,34-,35+,36-,37+,38-,39-/m1/s1. The van der Waals surface area contributed by atoms with Crippen LogP contribution in [0.5, 0.6) is 0 Å². The lowest BCUT2D eigenvalue weighted by Crippen LogP contribution is -2.64. The average Bonchev–Trinajstić information content (AvgIpc) is 3.53. The van der Waals surface area contributed by atoms with Crippen molar-refractivity contribution in [2.24, 2.45) is 52.3 Å². The summed E-state index contributed by atoms with van der Waals surface area (Å²) in [5, 5.41) is 78.9. The van der Waals surface area contributed by atoms with Gasteiger partial charge >= 0.3 is 0 Å². The SMILES string of the molecule is C[C@@H]1CC[C@@]2(NC1)O[C@@H]1[C@H](O)[C@@H]3[C@H]4CC[C@H]5C[C@@H](O[C@@H]6O[C@@H](CO)[C@H](O)[C@H](O)[C@H]6O[C@@H]6O[C@@H](C)[C@H](O)[C@@H](O)[C@@H]6O)CC[C@]5(C)[C@@H]4CC[C@]3(C)[C@@H]1[C@H]2C. The van der Waals surface area contributed by atoms with Crippen molar-refractivity contribution in [3.05, 3.63) is 0 Å². The molecular weight excluding hydrogens is 674 g/mol. The highest BCUT2D eigenvalue weighted by molar-refractivity contribution is 5.19. The van der Waals surface area contributed by atoms with Gasteiger partial charge in [0.1, 0.15) is 48.5 Å². The average molecular weight is 740 g/mol. The van der Waals surface area contributed by atoms with Gasteiger partial charge < -0.3 is 59.4 Å². The first-order chi connectivity index (χ1) is 24.6. The Morgan fingerprint density at radius 3 is 2.17 bits per heavy atom. The predicted molar refractivity (Wildman–Crippen MR) is 185 cm³/mol. The molecule has 0 amide bonds. The van der Waals surface area contributed by atoms with Gasteiger partial charge in [0.25, 0.3) is 0 Å². The second kappa shape index (κ2) is 13.8. The Kier molecular flexibility index (Phi) is 10.2. The van der Waals surface area contributed by atoms with Crippen molar-refractivity contribution in [2.75, 3.05) is 13.2 Å². The second-order valence-corrected chi connectivity index (χ2v) is 18.9. The third kappa shape index (κ3) is 5.81. The van der Waals surface area contributed by atoms with Gasteiger partial charge in [0.2, 0.25) is 0 Å². The molecule has 8 N–H and O–H groups in total. The third-order valence-corrected chi connectivity index (χ3v) is 16.4. The van der Waals surface area contributed by atoms with Crippen LogP contribution in [-0.4, -0.2) is 134 Å². The summed E-state index contributed by atoms with van der Waals surface area (Å²) in [4.78, 5) is 0. The number of hydrogen-bond acceptors (Lipinski definition) is 13. The first-order valence-corrected chi connectivity index (χ1v) is 20.4. The van der Waals surface area contributed by atoms with E-state index in [1.165, 1.54) is 6.92 Å². The molecule has 0 aromatic carbocycles. The number of nitrogens with one attached hydrogen (secondary N) is 1. The number of piperidine rings is 1. The molecule has 4 aliphatic heterocycles. The van der Waals surface area contributed by atoms with E-state index in [1.807, 2.05) is 0 Å². The molecule has 13 heteroatoms. The van der Waals surface area contributed by atoms with Crippen molar-refractivity contribution in [1.29, 1.82) is 0 Å². The maximum absolute atomic E-state index is 12.2. The summed E-state index contributed by atoms with van der Waals surface area (Å²) in [5.74, 6) is 2.85. The molecule has 4 saturated heterocycles. The zero-order valence-electron chi connectivity index (χ0n) is 31.5. The maximum atomic E-state index is 12.2. The van der Waals surface area contributed by atoms with Gasteiger partial charge in [0.15, 0.2) is 12.6 Å². The quantitative estimate of drug-likeness (QED) is 0.186. The van der Waals surface area contributed by atoms with E-state index in [0.29, 0.717) is 35.5 Å². The van der Waals surface area contributed by atoms with Crippen LogP contribution in [-0.2, 0) is 23.7 Å². The molecule has 1 spiro atoms. The van der Waals surface area contributed by atoms with E-state index in [2.05, 4.69) is 33.0 Å². The van der Waals surface area contributed by atoms with Gasteiger partial charge in [-0.05, 0) is 105 Å². The summed E-state index contributed by atoms with van der Waals surface area (Å²) < 4.78 is 31.1. The molecule has 0 radical (unpaired) electrons. The van der Waals surface area contributed by atoms with E-state index >= 15 is 0 Å². The van der Waals surface area contributed by atoms with Gasteiger partial charge in [0.05, 0.1) is 31.0 Å². The Morgan fingerprint density at radius 1 is 0.712 bits per heavy atom. The lowest BCUT2D eigenvalue weighted by atomic mass is 9.44. The van der Waals surface area contributed by atoms with Crippen LogP contribution >= 0.6 is 0 Å². The zero-order valence-corrected chi connectivity index (χ0v) is 31.5. The summed E-state index contributed by atoms with van der Waals surface area (Å²) in [6, 6.07) is 0. The fourth-order valence-electron chi connectivity index (χ4n) is 13.4. The van der Waals surface area contributed by atoms with Gasteiger partial charge in [-0.25, -0.2) is 0 Å². The summed E-state index contributed by atoms with van der Waals surface area (Å²) in [6.07, 6.45) is -5.28. The Bertz CT molecular complexity index is 1290. The molecule has 8 fully saturated rings. The van der Waals surface area contributed by atoms with Crippen LogP contribution in [0.15, 0.2) is 0 Å². The summed E-state index contributed by atoms with van der Waals surface area (Å²) in [6.45, 7) is 11.5. The van der Waals surface area contributed by atoms with Crippen molar-refractivity contribution in [2.45, 2.75) is 178 Å². The molecule has 0 bridgehead atoms. The minimum absolute atomic E-state index is 0.0337. The molecule has 23 atom stereocenters. The predicted octanol–water partition coefficient (Wildman–Crippen LogP) is 1.01. The molecule has 0 unspecified atom stereocenters. The Balaban J connectivity index is 0.956. The van der Waals surface area contributed by atoms with E-state index in [0.717, 1.165) is 64.3 Å². The molecule has 0 aromatic rings. The van der Waals surface area contributed by atoms with Gasteiger partial charge in [-0.1, -0.05) is 27.7 Å². The van der Waals surface area contributed by atoms with Crippen molar-refractivity contribution in [3.63, 3.8) is 0 Å². The summed E-state index contributed by atoms with van der Waals surface area (Å²) in [5.41, 5.74) is -0.208. The Labute approximate surface area is 307 Å². The van der Waals surface area contributed by atoms with E-state index in [4.69, 9.17) is 23.7 Å². The van der Waals surface area contributed by atoms with Gasteiger partial charge in [0, 0.05) is 18.4 Å². The van der Waals surface area contributed by atoms with Gasteiger partial charge in [-0.15, -0.1) is 0 Å². The molecule has 52 heavy (non-hydrogen) atoms. The van der Waals surface area contributed by atoms with Crippen LogP contribution < -0.4 is 5.32 Å². The number of ether oxygens (including phenoxy) is 5. The lowest BCUT2D eigenvalue weighted by Gasteiger charge is -2.61. The first kappa shape index (κ1) is 38.4. The van der Waals surface area contributed by atoms with Crippen LogP contribution in [0.1, 0.15) is 92.4 Å². The topological polar surface area (TPSA) is 200 Å². The van der Waals surface area contributed by atoms with E-state index < -0.39 is 74.1 Å². The van der Waals surface area contributed by atoms with E-state index in [9.17, 15) is 35.7 Å². The van der Waals surface area contributed by atoms with Crippen LogP contribution in [0.2, 0.25) is 0 Å². The Morgan fingerprint density at radius 2 is 1.46 bits per heavy atom. The number of fused-ring (bicyclic) bond motifs is 7. The first-order valence-electron chi connectivity index (χ1n) is 20.4. The van der Waals surface area contributed by atoms with E-state index in [-0.39, 0.29) is 34.7 Å². The number of aliphatic hydroxyl groups is 7. The third-order valence-electron chi connectivity index (χ3n) is 16.4. The van der Waals surface area contributed by atoms with Gasteiger partial charge in [-0.2, -0.15) is 0 Å². The molecule has 4 heterocycles. The highest BCUT2D eigenvalue weighted by atomic mass is 16.8. The number of aliphatic hydroxyl groups excluding tert-OH is 7. The normalized spacial score (nSPS) is 60.5. The molecular formula is C39H65NO12. The molecule has 0 aromatic heterocycles. The maximum Gasteiger partial charge on any atom is 0.187 e. The smallest absolute Gasteiger partial charge is 0.187 e. The molecule has 4 aliphatic carbocycles. The fraction of sp³-hybridized carbons (Fsp3) is 1.00. The fourth-order valence-corrected chi connectivity index (χ4v) is 13.4. The second-order valence-electron chi connectivity index (χ2n) is 18.9. The Hall–Kier alpha value is -0.520. The monoisotopic (exact) mass is 739 g/mol. The van der Waals surface area contributed by atoms with Crippen LogP contribution in [0, 0.1) is 52.3 Å². The highest BCUT2D eigenvalue weighted by Crippen LogP contribution is 2.71. The van der Waals surface area contributed by atoms with Crippen molar-refractivity contribution in [1.82, 2.24) is 5.32 Å². The number of rotatable bonds is 5. The summed E-state index contributed by atoms with van der Waals surface area (Å²) in [7, 11) is 0. The van der Waals surface area contributed by atoms with Crippen LogP contribution in [0.4, 0.5) is 0 Å². The summed E-state index contributed by atoms with van der Waals surface area (Å²) >= 11 is 0. The van der Waals surface area contributed by atoms with Crippen molar-refractivity contribution >= 4 is 0 Å². The minimum Gasteiger partial charge on any atom is -0.394 e. The van der Waals surface area contributed by atoms with Gasteiger partial charge in [-0.3, -0.25) is 5.32 Å². The molecule has 8 rings (SSSR count). The van der Waals surface area contributed by atoms with Crippen molar-refractivity contribution in [3.8, 4) is 0 Å². The largest absolute Gasteiger partial charge is 0.394 e. The lowest BCUT2D eigenvalue weighted by molar-refractivity contribution is -0.371. The van der Waals surface area contributed by atoms with Crippen molar-refractivity contribution < 1.29 is 59.4 Å². The molecule has 298 valence electrons. The van der Waals surface area contributed by atoms with Crippen LogP contribution in [0.25, 0.3) is 0 Å². The zero-order chi connectivity index (χ0) is 37.1. The number of hydrogen-bond donors (Lipinski definition) is 8. The molecule has 8 aliphatic rings. The molecule has 13 nitrogen and oxygen atoms in total. The van der Waals surface area contributed by atoms with Crippen LogP contribution in [0.3, 0.4) is 0 Å².